The van der Waals surface area contributed by atoms with E-state index in [0.717, 1.165) is 25.7 Å². The summed E-state index contributed by atoms with van der Waals surface area (Å²) in [4.78, 5) is 21.1. The van der Waals surface area contributed by atoms with E-state index in [2.05, 4.69) is 33.4 Å². The van der Waals surface area contributed by atoms with Crippen LogP contribution in [0.15, 0.2) is 12.2 Å². The monoisotopic (exact) mass is 479 g/mol. The summed E-state index contributed by atoms with van der Waals surface area (Å²) >= 11 is 0. The number of carbonyl (C=O) groups is 1. The zero-order valence-electron chi connectivity index (χ0n) is 19.9. The molecule has 8 nitrogen and oxygen atoms in total. The van der Waals surface area contributed by atoms with E-state index < -0.39 is 27.1 Å². The molecule has 0 radical (unpaired) electrons. The minimum atomic E-state index is -4.30. The molecule has 0 spiro atoms. The number of phosphoric acid groups is 1. The second-order valence-corrected chi connectivity index (χ2v) is 9.57. The molecule has 0 aromatic carbocycles. The smallest absolute Gasteiger partial charge is 0.394 e. The Morgan fingerprint density at radius 2 is 1.50 bits per heavy atom. The van der Waals surface area contributed by atoms with Gasteiger partial charge in [0.2, 0.25) is 5.91 Å². The van der Waals surface area contributed by atoms with Crippen LogP contribution in [0.4, 0.5) is 0 Å². The fourth-order valence-corrected chi connectivity index (χ4v) is 3.82. The first-order chi connectivity index (χ1) is 15.4. The average Bonchev–Trinajstić information content (AvgIpc) is 2.77. The summed E-state index contributed by atoms with van der Waals surface area (Å²) in [5, 5.41) is 20.3. The molecule has 0 bridgehead atoms. The number of allylic oxidation sites excluding steroid dienone is 2. The lowest BCUT2D eigenvalue weighted by molar-refractivity contribution is -0.121. The van der Waals surface area contributed by atoms with Crippen molar-refractivity contribution in [2.45, 2.75) is 103 Å². The lowest BCUT2D eigenvalue weighted by atomic mass is 10.1. The minimum absolute atomic E-state index is 0.0976. The Kier molecular flexibility index (Phi) is 21.5. The number of amides is 1. The number of nitrogens with one attached hydrogen (secondary N) is 1. The van der Waals surface area contributed by atoms with Crippen molar-refractivity contribution in [3.63, 3.8) is 0 Å². The van der Waals surface area contributed by atoms with Crippen molar-refractivity contribution in [2.75, 3.05) is 26.4 Å². The van der Waals surface area contributed by atoms with Gasteiger partial charge >= 0.3 is 7.82 Å². The van der Waals surface area contributed by atoms with Crippen LogP contribution in [0.1, 0.15) is 96.8 Å². The van der Waals surface area contributed by atoms with Crippen molar-refractivity contribution in [3.05, 3.63) is 12.2 Å². The molecule has 0 aliphatic rings. The van der Waals surface area contributed by atoms with Gasteiger partial charge in [-0.15, -0.1) is 0 Å². The van der Waals surface area contributed by atoms with Gasteiger partial charge in [0.25, 0.3) is 0 Å². The Morgan fingerprint density at radius 1 is 0.938 bits per heavy atom. The average molecular weight is 480 g/mol. The Balaban J connectivity index is 3.44. The van der Waals surface area contributed by atoms with Crippen LogP contribution in [-0.2, 0) is 18.4 Å². The van der Waals surface area contributed by atoms with Gasteiger partial charge in [-0.05, 0) is 32.1 Å². The highest BCUT2D eigenvalue weighted by atomic mass is 31.2. The van der Waals surface area contributed by atoms with Crippen LogP contribution in [0.2, 0.25) is 0 Å². The maximum atomic E-state index is 11.8. The van der Waals surface area contributed by atoms with E-state index in [1.54, 1.807) is 0 Å². The van der Waals surface area contributed by atoms with Crippen molar-refractivity contribution in [3.8, 4) is 0 Å². The number of phosphoric ester groups is 1. The molecule has 0 heterocycles. The molecule has 0 aliphatic carbocycles. The highest BCUT2D eigenvalue weighted by molar-refractivity contribution is 7.47. The molecule has 2 atom stereocenters. The van der Waals surface area contributed by atoms with Gasteiger partial charge in [-0.3, -0.25) is 13.8 Å². The van der Waals surface area contributed by atoms with Gasteiger partial charge in [0, 0.05) is 13.0 Å². The Hall–Kier alpha value is -0.760. The van der Waals surface area contributed by atoms with Gasteiger partial charge in [0.05, 0.1) is 19.8 Å². The summed E-state index contributed by atoms with van der Waals surface area (Å²) in [7, 11) is -4.30. The fourth-order valence-electron chi connectivity index (χ4n) is 3.07. The molecule has 1 unspecified atom stereocenters. The first kappa shape index (κ1) is 31.2. The van der Waals surface area contributed by atoms with Crippen molar-refractivity contribution in [2.24, 2.45) is 0 Å². The van der Waals surface area contributed by atoms with Gasteiger partial charge in [-0.25, -0.2) is 4.57 Å². The molecule has 0 aromatic heterocycles. The summed E-state index contributed by atoms with van der Waals surface area (Å²) in [6, 6.07) is 0. The van der Waals surface area contributed by atoms with E-state index in [4.69, 9.17) is 10.2 Å². The summed E-state index contributed by atoms with van der Waals surface area (Å²) < 4.78 is 20.7. The van der Waals surface area contributed by atoms with Crippen LogP contribution in [-0.4, -0.2) is 53.5 Å². The lowest BCUT2D eigenvalue weighted by Gasteiger charge is -2.14. The molecular weight excluding hydrogens is 433 g/mol. The SMILES string of the molecule is CCCCCCCC/C=C\CCCCCCCC(=O)NCCOP(=O)(O)OC[C@@H](O)CO. The van der Waals surface area contributed by atoms with Crippen LogP contribution in [0, 0.1) is 0 Å². The molecule has 0 aromatic rings. The number of carbonyl (C=O) groups excluding carboxylic acids is 1. The number of rotatable bonds is 23. The molecule has 0 fully saturated rings. The van der Waals surface area contributed by atoms with Crippen molar-refractivity contribution >= 4 is 13.7 Å². The molecule has 190 valence electrons. The Morgan fingerprint density at radius 3 is 2.09 bits per heavy atom. The van der Waals surface area contributed by atoms with Crippen LogP contribution < -0.4 is 5.32 Å². The fraction of sp³-hybridized carbons (Fsp3) is 0.870. The highest BCUT2D eigenvalue weighted by Gasteiger charge is 2.22. The third-order valence-electron chi connectivity index (χ3n) is 4.99. The van der Waals surface area contributed by atoms with Crippen LogP contribution in [0.5, 0.6) is 0 Å². The molecule has 32 heavy (non-hydrogen) atoms. The van der Waals surface area contributed by atoms with Crippen LogP contribution >= 0.6 is 7.82 Å². The second kappa shape index (κ2) is 22.1. The first-order valence-corrected chi connectivity index (χ1v) is 13.7. The normalized spacial score (nSPS) is 14.5. The van der Waals surface area contributed by atoms with E-state index in [9.17, 15) is 14.3 Å². The third-order valence-corrected chi connectivity index (χ3v) is 5.97. The minimum Gasteiger partial charge on any atom is -0.394 e. The lowest BCUT2D eigenvalue weighted by Crippen LogP contribution is -2.27. The van der Waals surface area contributed by atoms with Crippen molar-refractivity contribution < 1.29 is 33.5 Å². The van der Waals surface area contributed by atoms with E-state index in [0.29, 0.717) is 6.42 Å². The summed E-state index contributed by atoms with van der Waals surface area (Å²) in [6.07, 6.45) is 19.5. The maximum absolute atomic E-state index is 11.8. The van der Waals surface area contributed by atoms with Gasteiger partial charge in [-0.1, -0.05) is 70.4 Å². The van der Waals surface area contributed by atoms with Gasteiger partial charge < -0.3 is 20.4 Å². The third kappa shape index (κ3) is 22.4. The van der Waals surface area contributed by atoms with E-state index in [1.165, 1.54) is 57.8 Å². The van der Waals surface area contributed by atoms with Crippen LogP contribution in [0.25, 0.3) is 0 Å². The summed E-state index contributed by atoms with van der Waals surface area (Å²) in [5.74, 6) is -0.115. The number of unbranched alkanes of at least 4 members (excludes halogenated alkanes) is 11. The van der Waals surface area contributed by atoms with Crippen molar-refractivity contribution in [1.82, 2.24) is 5.32 Å². The van der Waals surface area contributed by atoms with Crippen molar-refractivity contribution in [1.29, 1.82) is 0 Å². The first-order valence-electron chi connectivity index (χ1n) is 12.2. The molecule has 0 saturated heterocycles. The largest absolute Gasteiger partial charge is 0.472 e. The standard InChI is InChI=1S/C23H46NO7P/c1-2-3-4-5-6-7-8-9-10-11-12-13-14-15-16-17-23(27)24-18-19-30-32(28,29)31-21-22(26)20-25/h9-10,22,25-26H,2-8,11-21H2,1H3,(H,24,27)(H,28,29)/b10-9-/t22-/m0/s1. The number of hydrogen-bond donors (Lipinski definition) is 4. The molecule has 0 aliphatic heterocycles. The molecule has 0 rings (SSSR count). The molecule has 0 saturated carbocycles. The Bertz CT molecular complexity index is 517. The van der Waals surface area contributed by atoms with Gasteiger partial charge in [-0.2, -0.15) is 0 Å². The van der Waals surface area contributed by atoms with Gasteiger partial charge in [0.1, 0.15) is 6.10 Å². The zero-order chi connectivity index (χ0) is 23.9. The quantitative estimate of drug-likeness (QED) is 0.0956. The number of aliphatic hydroxyl groups is 2. The highest BCUT2D eigenvalue weighted by Crippen LogP contribution is 2.42. The molecule has 4 N–H and O–H groups in total. The van der Waals surface area contributed by atoms with E-state index >= 15 is 0 Å². The molecule has 1 amide bonds. The van der Waals surface area contributed by atoms with Crippen LogP contribution in [0.3, 0.4) is 0 Å². The molecular formula is C23H46NO7P. The predicted octanol–water partition coefficient (Wildman–Crippen LogP) is 4.63. The zero-order valence-corrected chi connectivity index (χ0v) is 20.8. The summed E-state index contributed by atoms with van der Waals surface area (Å²) in [6.45, 7) is 1.08. The maximum Gasteiger partial charge on any atom is 0.472 e. The topological polar surface area (TPSA) is 125 Å². The second-order valence-electron chi connectivity index (χ2n) is 8.12. The predicted molar refractivity (Wildman–Crippen MR) is 127 cm³/mol. The molecule has 9 heteroatoms. The van der Waals surface area contributed by atoms with E-state index in [1.807, 2.05) is 0 Å². The Labute approximate surface area is 194 Å². The summed E-state index contributed by atoms with van der Waals surface area (Å²) in [5.41, 5.74) is 0. The van der Waals surface area contributed by atoms with E-state index in [-0.39, 0.29) is 19.1 Å². The number of hydrogen-bond acceptors (Lipinski definition) is 6. The van der Waals surface area contributed by atoms with Gasteiger partial charge in [0.15, 0.2) is 0 Å². The number of aliphatic hydroxyl groups excluding tert-OH is 2.